The normalized spacial score (nSPS) is 16.7. The standard InChI is InChI=1S/C28H35N9O4/c1-5-20-29-18-8-6-7-9-19(18)37(20)27-31-22-21(23(32-27)34-14-16-41-17-15-34)30-24(33(22)4)25(38)35-10-12-36(13-11-35)26(39)28(2,3)40/h6-9,40H,5,10-17H2,1-4H3. The zero-order valence-corrected chi connectivity index (χ0v) is 23.9. The average molecular weight is 562 g/mol. The lowest BCUT2D eigenvalue weighted by molar-refractivity contribution is -0.149. The predicted octanol–water partition coefficient (Wildman–Crippen LogP) is 1.16. The Morgan fingerprint density at radius 1 is 0.951 bits per heavy atom. The number of amides is 2. The molecule has 0 aliphatic carbocycles. The van der Waals surface area contributed by atoms with Crippen molar-refractivity contribution in [3.05, 3.63) is 35.9 Å². The number of imidazole rings is 2. The molecule has 0 unspecified atom stereocenters. The molecule has 216 valence electrons. The number of ether oxygens (including phenoxy) is 1. The highest BCUT2D eigenvalue weighted by atomic mass is 16.5. The molecule has 13 nitrogen and oxygen atoms in total. The minimum Gasteiger partial charge on any atom is -0.381 e. The molecule has 2 fully saturated rings. The highest BCUT2D eigenvalue weighted by molar-refractivity contribution is 5.97. The molecular weight excluding hydrogens is 526 g/mol. The molecule has 5 heterocycles. The number of aromatic nitrogens is 6. The van der Waals surface area contributed by atoms with Gasteiger partial charge in [-0.1, -0.05) is 19.1 Å². The fraction of sp³-hybridized carbons (Fsp3) is 0.500. The molecule has 2 amide bonds. The average Bonchev–Trinajstić information content (AvgIpc) is 3.53. The van der Waals surface area contributed by atoms with Crippen LogP contribution < -0.4 is 4.90 Å². The van der Waals surface area contributed by atoms with Gasteiger partial charge in [0.15, 0.2) is 17.0 Å². The monoisotopic (exact) mass is 561 g/mol. The van der Waals surface area contributed by atoms with Gasteiger partial charge < -0.3 is 29.1 Å². The topological polar surface area (TPSA) is 135 Å². The third-order valence-corrected chi connectivity index (χ3v) is 7.71. The third-order valence-electron chi connectivity index (χ3n) is 7.71. The Balaban J connectivity index is 1.41. The zero-order chi connectivity index (χ0) is 28.9. The van der Waals surface area contributed by atoms with Crippen molar-refractivity contribution in [3.63, 3.8) is 0 Å². The second kappa shape index (κ2) is 10.4. The van der Waals surface area contributed by atoms with Gasteiger partial charge in [-0.3, -0.25) is 14.2 Å². The van der Waals surface area contributed by atoms with Gasteiger partial charge in [0, 0.05) is 52.7 Å². The lowest BCUT2D eigenvalue weighted by Gasteiger charge is -2.36. The van der Waals surface area contributed by atoms with Crippen LogP contribution in [0.4, 0.5) is 5.82 Å². The first-order chi connectivity index (χ1) is 19.7. The van der Waals surface area contributed by atoms with Crippen molar-refractivity contribution in [3.8, 4) is 5.95 Å². The van der Waals surface area contributed by atoms with Gasteiger partial charge in [0.2, 0.25) is 11.8 Å². The van der Waals surface area contributed by atoms with Crippen molar-refractivity contribution >= 4 is 39.8 Å². The maximum absolute atomic E-state index is 13.7. The van der Waals surface area contributed by atoms with Crippen LogP contribution in [-0.2, 0) is 23.0 Å². The fourth-order valence-electron chi connectivity index (χ4n) is 5.50. The highest BCUT2D eigenvalue weighted by Gasteiger charge is 2.34. The first kappa shape index (κ1) is 27.1. The number of aliphatic hydroxyl groups is 1. The van der Waals surface area contributed by atoms with Crippen molar-refractivity contribution < 1.29 is 19.4 Å². The SMILES string of the molecule is CCc1nc2ccccc2n1-c1nc(N2CCOCC2)c2nc(C(=O)N3CCN(C(=O)C(C)(C)O)CC3)n(C)c2n1. The number of fused-ring (bicyclic) bond motifs is 2. The lowest BCUT2D eigenvalue weighted by Crippen LogP contribution is -2.55. The summed E-state index contributed by atoms with van der Waals surface area (Å²) in [6, 6.07) is 7.91. The Labute approximate surface area is 237 Å². The van der Waals surface area contributed by atoms with E-state index in [1.54, 1.807) is 21.4 Å². The Morgan fingerprint density at radius 3 is 2.32 bits per heavy atom. The second-order valence-electron chi connectivity index (χ2n) is 11.0. The molecule has 2 aliphatic heterocycles. The number of para-hydroxylation sites is 2. The molecule has 0 radical (unpaired) electrons. The minimum atomic E-state index is -1.45. The van der Waals surface area contributed by atoms with E-state index >= 15 is 0 Å². The lowest BCUT2D eigenvalue weighted by atomic mass is 10.1. The van der Waals surface area contributed by atoms with Gasteiger partial charge in [-0.15, -0.1) is 0 Å². The maximum atomic E-state index is 13.7. The highest BCUT2D eigenvalue weighted by Crippen LogP contribution is 2.29. The molecule has 2 aliphatic rings. The molecule has 0 atom stereocenters. The van der Waals surface area contributed by atoms with Crippen molar-refractivity contribution in [2.24, 2.45) is 7.05 Å². The number of benzene rings is 1. The molecule has 0 spiro atoms. The van der Waals surface area contributed by atoms with Crippen LogP contribution in [0, 0.1) is 0 Å². The summed E-state index contributed by atoms with van der Waals surface area (Å²) in [5, 5.41) is 10.1. The molecule has 2 saturated heterocycles. The van der Waals surface area contributed by atoms with Crippen LogP contribution in [0.3, 0.4) is 0 Å². The summed E-state index contributed by atoms with van der Waals surface area (Å²) < 4.78 is 9.30. The first-order valence-corrected chi connectivity index (χ1v) is 14.0. The van der Waals surface area contributed by atoms with E-state index in [-0.39, 0.29) is 17.6 Å². The van der Waals surface area contributed by atoms with Crippen LogP contribution in [-0.4, -0.2) is 114 Å². The maximum Gasteiger partial charge on any atom is 0.290 e. The van der Waals surface area contributed by atoms with Crippen molar-refractivity contribution in [2.45, 2.75) is 32.8 Å². The fourth-order valence-corrected chi connectivity index (χ4v) is 5.50. The van der Waals surface area contributed by atoms with E-state index in [1.165, 1.54) is 13.8 Å². The smallest absolute Gasteiger partial charge is 0.290 e. The third kappa shape index (κ3) is 4.78. The van der Waals surface area contributed by atoms with Crippen LogP contribution in [0.15, 0.2) is 24.3 Å². The Morgan fingerprint density at radius 2 is 1.63 bits per heavy atom. The summed E-state index contributed by atoms with van der Waals surface area (Å²) in [5.74, 6) is 1.65. The number of piperazine rings is 1. The Hall–Kier alpha value is -4.10. The largest absolute Gasteiger partial charge is 0.381 e. The number of carbonyl (C=O) groups excluding carboxylic acids is 2. The van der Waals surface area contributed by atoms with E-state index in [9.17, 15) is 14.7 Å². The predicted molar refractivity (Wildman–Crippen MR) is 152 cm³/mol. The molecule has 1 aromatic carbocycles. The number of carbonyl (C=O) groups is 2. The van der Waals surface area contributed by atoms with Crippen molar-refractivity contribution in [2.75, 3.05) is 57.4 Å². The summed E-state index contributed by atoms with van der Waals surface area (Å²) in [6.07, 6.45) is 0.694. The number of hydrogen-bond donors (Lipinski definition) is 1. The Kier molecular flexibility index (Phi) is 6.86. The number of aryl methyl sites for hydroxylation is 2. The molecule has 13 heteroatoms. The zero-order valence-electron chi connectivity index (χ0n) is 23.9. The molecule has 41 heavy (non-hydrogen) atoms. The molecule has 4 aromatic rings. The van der Waals surface area contributed by atoms with E-state index < -0.39 is 5.60 Å². The van der Waals surface area contributed by atoms with Gasteiger partial charge >= 0.3 is 0 Å². The molecule has 1 N–H and O–H groups in total. The molecule has 0 saturated carbocycles. The van der Waals surface area contributed by atoms with Crippen LogP contribution >= 0.6 is 0 Å². The summed E-state index contributed by atoms with van der Waals surface area (Å²) in [4.78, 5) is 51.2. The molecular formula is C28H35N9O4. The van der Waals surface area contributed by atoms with Gasteiger partial charge in [-0.25, -0.2) is 9.97 Å². The molecule has 6 rings (SSSR count). The summed E-state index contributed by atoms with van der Waals surface area (Å²) >= 11 is 0. The van der Waals surface area contributed by atoms with Gasteiger partial charge in [0.1, 0.15) is 11.4 Å². The number of hydrogen-bond acceptors (Lipinski definition) is 9. The summed E-state index contributed by atoms with van der Waals surface area (Å²) in [6.45, 7) is 8.81. The van der Waals surface area contributed by atoms with Crippen LogP contribution in [0.5, 0.6) is 0 Å². The van der Waals surface area contributed by atoms with E-state index in [0.717, 1.165) is 16.9 Å². The first-order valence-electron chi connectivity index (χ1n) is 14.0. The quantitative estimate of drug-likeness (QED) is 0.381. The Bertz CT molecular complexity index is 1620. The van der Waals surface area contributed by atoms with Crippen molar-refractivity contribution in [1.29, 1.82) is 0 Å². The summed E-state index contributed by atoms with van der Waals surface area (Å²) in [5.41, 5.74) is 1.43. The van der Waals surface area contributed by atoms with Crippen LogP contribution in [0.2, 0.25) is 0 Å². The van der Waals surface area contributed by atoms with E-state index in [0.29, 0.717) is 81.8 Å². The molecule has 3 aromatic heterocycles. The van der Waals surface area contributed by atoms with Crippen LogP contribution in [0.1, 0.15) is 37.2 Å². The van der Waals surface area contributed by atoms with Crippen molar-refractivity contribution in [1.82, 2.24) is 38.9 Å². The second-order valence-corrected chi connectivity index (χ2v) is 11.0. The van der Waals surface area contributed by atoms with Gasteiger partial charge in [-0.2, -0.15) is 9.97 Å². The van der Waals surface area contributed by atoms with Crippen LogP contribution in [0.25, 0.3) is 28.1 Å². The summed E-state index contributed by atoms with van der Waals surface area (Å²) in [7, 11) is 1.79. The minimum absolute atomic E-state index is 0.238. The number of morpholine rings is 1. The number of anilines is 1. The van der Waals surface area contributed by atoms with Gasteiger partial charge in [0.25, 0.3) is 11.8 Å². The van der Waals surface area contributed by atoms with Gasteiger partial charge in [0.05, 0.1) is 24.2 Å². The molecule has 0 bridgehead atoms. The van der Waals surface area contributed by atoms with Gasteiger partial charge in [-0.05, 0) is 26.0 Å². The van der Waals surface area contributed by atoms with E-state index in [1.807, 2.05) is 28.8 Å². The van der Waals surface area contributed by atoms with E-state index in [4.69, 9.17) is 24.7 Å². The number of rotatable bonds is 5. The number of nitrogens with zero attached hydrogens (tertiary/aromatic N) is 9. The van der Waals surface area contributed by atoms with E-state index in [2.05, 4.69) is 11.8 Å².